The number of nitrogens with one attached hydrogen (secondary N) is 1. The number of amides is 1. The van der Waals surface area contributed by atoms with E-state index in [1.807, 2.05) is 30.3 Å². The smallest absolute Gasteiger partial charge is 0.257 e. The van der Waals surface area contributed by atoms with Crippen molar-refractivity contribution in [1.29, 1.82) is 0 Å². The number of halogens is 1. The van der Waals surface area contributed by atoms with E-state index >= 15 is 0 Å². The van der Waals surface area contributed by atoms with E-state index in [0.717, 1.165) is 30.9 Å². The number of hydrogen-bond donors (Lipinski definition) is 1. The van der Waals surface area contributed by atoms with E-state index in [-0.39, 0.29) is 5.91 Å². The van der Waals surface area contributed by atoms with Gasteiger partial charge in [0.1, 0.15) is 0 Å². The fourth-order valence-corrected chi connectivity index (χ4v) is 3.61. The predicted molar refractivity (Wildman–Crippen MR) is 107 cm³/mol. The molecular weight excluding hydrogens is 344 g/mol. The molecule has 0 aromatic heterocycles. The minimum absolute atomic E-state index is 0.194. The van der Waals surface area contributed by atoms with Crippen LogP contribution in [0.15, 0.2) is 72.8 Å². The highest BCUT2D eigenvalue weighted by atomic mass is 35.5. The fraction of sp³-hybridized carbons (Fsp3) is 0.136. The third-order valence-electron chi connectivity index (χ3n) is 4.74. The van der Waals surface area contributed by atoms with Crippen molar-refractivity contribution in [2.24, 2.45) is 0 Å². The molecule has 3 aromatic carbocycles. The van der Waals surface area contributed by atoms with Crippen molar-refractivity contribution >= 4 is 28.9 Å². The number of para-hydroxylation sites is 2. The number of carbonyl (C=O) groups excluding carboxylic acids is 1. The molecule has 1 aliphatic heterocycles. The lowest BCUT2D eigenvalue weighted by Gasteiger charge is -2.32. The number of fused-ring (bicyclic) bond motifs is 1. The van der Waals surface area contributed by atoms with Gasteiger partial charge in [-0.2, -0.15) is 0 Å². The molecule has 4 rings (SSSR count). The number of carbonyl (C=O) groups is 1. The normalized spacial score (nSPS) is 13.2. The molecule has 0 saturated heterocycles. The maximum Gasteiger partial charge on any atom is 0.257 e. The Hall–Kier alpha value is -2.78. The van der Waals surface area contributed by atoms with Gasteiger partial charge in [0.05, 0.1) is 22.0 Å². The van der Waals surface area contributed by atoms with Crippen LogP contribution in [0, 0.1) is 0 Å². The Bertz CT molecular complexity index is 954. The van der Waals surface area contributed by atoms with Gasteiger partial charge in [-0.15, -0.1) is 0 Å². The van der Waals surface area contributed by atoms with E-state index in [9.17, 15) is 4.79 Å². The summed E-state index contributed by atoms with van der Waals surface area (Å²) in [6.45, 7) is 1.77. The number of rotatable bonds is 3. The van der Waals surface area contributed by atoms with E-state index in [4.69, 9.17) is 11.6 Å². The van der Waals surface area contributed by atoms with Gasteiger partial charge in [-0.3, -0.25) is 4.79 Å². The first-order valence-electron chi connectivity index (χ1n) is 8.69. The summed E-state index contributed by atoms with van der Waals surface area (Å²) in [7, 11) is 0. The van der Waals surface area contributed by atoms with Crippen molar-refractivity contribution in [1.82, 2.24) is 0 Å². The van der Waals surface area contributed by atoms with Crippen LogP contribution >= 0.6 is 11.6 Å². The van der Waals surface area contributed by atoms with Gasteiger partial charge >= 0.3 is 0 Å². The van der Waals surface area contributed by atoms with Crippen LogP contribution in [0.5, 0.6) is 0 Å². The maximum absolute atomic E-state index is 12.7. The molecule has 0 radical (unpaired) electrons. The van der Waals surface area contributed by atoms with Crippen LogP contribution in [0.2, 0.25) is 5.02 Å². The van der Waals surface area contributed by atoms with Gasteiger partial charge in [0, 0.05) is 13.1 Å². The molecule has 0 saturated carbocycles. The summed E-state index contributed by atoms with van der Waals surface area (Å²) in [5.74, 6) is -0.194. The molecule has 3 nitrogen and oxygen atoms in total. The minimum atomic E-state index is -0.194. The second kappa shape index (κ2) is 7.22. The number of nitrogens with zero attached hydrogens (tertiary/aromatic N) is 1. The highest BCUT2D eigenvalue weighted by molar-refractivity contribution is 6.34. The van der Waals surface area contributed by atoms with Crippen molar-refractivity contribution in [2.75, 3.05) is 16.8 Å². The van der Waals surface area contributed by atoms with Crippen LogP contribution in [0.1, 0.15) is 21.5 Å². The van der Waals surface area contributed by atoms with Gasteiger partial charge in [0.15, 0.2) is 0 Å². The first-order chi connectivity index (χ1) is 12.7. The van der Waals surface area contributed by atoms with Crippen LogP contribution in [-0.4, -0.2) is 12.5 Å². The maximum atomic E-state index is 12.7. The molecule has 1 aliphatic rings. The predicted octanol–water partition coefficient (Wildman–Crippen LogP) is 5.16. The zero-order chi connectivity index (χ0) is 17.9. The molecule has 0 fully saturated rings. The topological polar surface area (TPSA) is 32.3 Å². The Kier molecular flexibility index (Phi) is 4.63. The van der Waals surface area contributed by atoms with Gasteiger partial charge in [-0.05, 0) is 41.8 Å². The molecule has 0 spiro atoms. The summed E-state index contributed by atoms with van der Waals surface area (Å²) in [5.41, 5.74) is 5.06. The van der Waals surface area contributed by atoms with Crippen molar-refractivity contribution in [3.63, 3.8) is 0 Å². The quantitative estimate of drug-likeness (QED) is 0.698. The second-order valence-electron chi connectivity index (χ2n) is 6.39. The Morgan fingerprint density at radius 3 is 2.42 bits per heavy atom. The molecule has 1 amide bonds. The van der Waals surface area contributed by atoms with Gasteiger partial charge in [-0.1, -0.05) is 60.1 Å². The van der Waals surface area contributed by atoms with Crippen LogP contribution in [-0.2, 0) is 13.0 Å². The summed E-state index contributed by atoms with van der Waals surface area (Å²) >= 11 is 6.16. The Morgan fingerprint density at radius 2 is 1.58 bits per heavy atom. The number of anilines is 2. The third kappa shape index (κ3) is 3.31. The van der Waals surface area contributed by atoms with E-state index < -0.39 is 0 Å². The van der Waals surface area contributed by atoms with Gasteiger partial charge < -0.3 is 10.2 Å². The average molecular weight is 363 g/mol. The standard InChI is InChI=1S/C22H19ClN2O/c23-19-10-4-3-9-18(19)22(26)24-20-11-5-6-12-21(20)25-14-13-16-7-1-2-8-17(16)15-25/h1-12H,13-15H2,(H,24,26). The van der Waals surface area contributed by atoms with Crippen molar-refractivity contribution < 1.29 is 4.79 Å². The van der Waals surface area contributed by atoms with Gasteiger partial charge in [-0.25, -0.2) is 0 Å². The van der Waals surface area contributed by atoms with Crippen LogP contribution in [0.4, 0.5) is 11.4 Å². The zero-order valence-electron chi connectivity index (χ0n) is 14.3. The summed E-state index contributed by atoms with van der Waals surface area (Å²) in [4.78, 5) is 15.0. The third-order valence-corrected chi connectivity index (χ3v) is 5.07. The summed E-state index contributed by atoms with van der Waals surface area (Å²) in [6, 6.07) is 23.5. The molecule has 26 heavy (non-hydrogen) atoms. The number of benzene rings is 3. The SMILES string of the molecule is O=C(Nc1ccccc1N1CCc2ccccc2C1)c1ccccc1Cl. The van der Waals surface area contributed by atoms with E-state index in [0.29, 0.717) is 10.6 Å². The lowest BCUT2D eigenvalue weighted by Crippen LogP contribution is -2.31. The Morgan fingerprint density at radius 1 is 0.885 bits per heavy atom. The van der Waals surface area contributed by atoms with Crippen molar-refractivity contribution in [2.45, 2.75) is 13.0 Å². The lowest BCUT2D eigenvalue weighted by molar-refractivity contribution is 0.102. The highest BCUT2D eigenvalue weighted by Crippen LogP contribution is 2.31. The largest absolute Gasteiger partial charge is 0.365 e. The summed E-state index contributed by atoms with van der Waals surface area (Å²) < 4.78 is 0. The first kappa shape index (κ1) is 16.7. The molecule has 0 unspecified atom stereocenters. The van der Waals surface area contributed by atoms with E-state index in [2.05, 4.69) is 40.5 Å². The van der Waals surface area contributed by atoms with Gasteiger partial charge in [0.25, 0.3) is 5.91 Å². The molecule has 1 heterocycles. The zero-order valence-corrected chi connectivity index (χ0v) is 15.0. The Balaban J connectivity index is 1.60. The summed E-state index contributed by atoms with van der Waals surface area (Å²) in [5, 5.41) is 3.48. The van der Waals surface area contributed by atoms with E-state index in [1.165, 1.54) is 11.1 Å². The van der Waals surface area contributed by atoms with Crippen molar-refractivity contribution in [3.05, 3.63) is 94.5 Å². The average Bonchev–Trinajstić information content (AvgIpc) is 2.68. The molecule has 0 bridgehead atoms. The van der Waals surface area contributed by atoms with Crippen molar-refractivity contribution in [3.8, 4) is 0 Å². The van der Waals surface area contributed by atoms with E-state index in [1.54, 1.807) is 12.1 Å². The van der Waals surface area contributed by atoms with Crippen LogP contribution in [0.25, 0.3) is 0 Å². The molecule has 130 valence electrons. The monoisotopic (exact) mass is 362 g/mol. The Labute approximate surface area is 158 Å². The summed E-state index contributed by atoms with van der Waals surface area (Å²) in [6.07, 6.45) is 1.00. The minimum Gasteiger partial charge on any atom is -0.365 e. The first-order valence-corrected chi connectivity index (χ1v) is 9.07. The molecule has 0 atom stereocenters. The number of hydrogen-bond acceptors (Lipinski definition) is 2. The molecule has 1 N–H and O–H groups in total. The molecular formula is C22H19ClN2O. The lowest BCUT2D eigenvalue weighted by atomic mass is 9.99. The van der Waals surface area contributed by atoms with Gasteiger partial charge in [0.2, 0.25) is 0 Å². The highest BCUT2D eigenvalue weighted by Gasteiger charge is 2.19. The second-order valence-corrected chi connectivity index (χ2v) is 6.80. The fourth-order valence-electron chi connectivity index (χ4n) is 3.39. The molecule has 0 aliphatic carbocycles. The molecule has 4 heteroatoms. The van der Waals surface area contributed by atoms with Crippen LogP contribution in [0.3, 0.4) is 0 Å². The van der Waals surface area contributed by atoms with Crippen LogP contribution < -0.4 is 10.2 Å². The molecule has 3 aromatic rings.